The molecule has 3 aromatic rings. The fraction of sp³-hybridized carbons (Fsp3) is 0.0526. The largest absolute Gasteiger partial charge is 0.368 e. The highest BCUT2D eigenvalue weighted by Crippen LogP contribution is 2.30. The van der Waals surface area contributed by atoms with E-state index in [1.807, 2.05) is 12.1 Å². The minimum absolute atomic E-state index is 0.114. The van der Waals surface area contributed by atoms with Crippen molar-refractivity contribution in [1.29, 1.82) is 0 Å². The number of pyridine rings is 1. The van der Waals surface area contributed by atoms with Gasteiger partial charge in [-0.15, -0.1) is 0 Å². The maximum atomic E-state index is 11.9. The molecule has 0 aliphatic rings. The molecule has 1 heterocycles. The van der Waals surface area contributed by atoms with Gasteiger partial charge in [-0.05, 0) is 11.6 Å². The number of hydrogen-bond acceptors (Lipinski definition) is 5. The molecule has 0 aliphatic carbocycles. The van der Waals surface area contributed by atoms with Gasteiger partial charge in [-0.1, -0.05) is 60.7 Å². The SMILES string of the molecule is NC(=O)C(Nc1ccc([N+](=O)[O-])c(-c2ccccc2)n1)c1ccccc1. The lowest BCUT2D eigenvalue weighted by atomic mass is 10.1. The third-order valence-corrected chi connectivity index (χ3v) is 3.83. The molecule has 1 aromatic heterocycles. The van der Waals surface area contributed by atoms with Crippen molar-refractivity contribution in [2.75, 3.05) is 5.32 Å². The number of nitrogens with one attached hydrogen (secondary N) is 1. The zero-order valence-corrected chi connectivity index (χ0v) is 13.7. The summed E-state index contributed by atoms with van der Waals surface area (Å²) in [7, 11) is 0. The maximum absolute atomic E-state index is 11.9. The van der Waals surface area contributed by atoms with Crippen LogP contribution in [0.5, 0.6) is 0 Å². The van der Waals surface area contributed by atoms with Gasteiger partial charge in [0.05, 0.1) is 4.92 Å². The lowest BCUT2D eigenvalue weighted by Crippen LogP contribution is -2.28. The molecule has 0 aliphatic heterocycles. The molecular formula is C19H16N4O3. The molecule has 0 fully saturated rings. The first-order valence-electron chi connectivity index (χ1n) is 7.88. The van der Waals surface area contributed by atoms with Crippen molar-refractivity contribution in [2.45, 2.75) is 6.04 Å². The van der Waals surface area contributed by atoms with Gasteiger partial charge in [0, 0.05) is 11.6 Å². The Kier molecular flexibility index (Phi) is 4.89. The first-order valence-corrected chi connectivity index (χ1v) is 7.88. The Bertz CT molecular complexity index is 930. The van der Waals surface area contributed by atoms with E-state index in [1.54, 1.807) is 48.5 Å². The van der Waals surface area contributed by atoms with Crippen LogP contribution in [0.4, 0.5) is 11.5 Å². The van der Waals surface area contributed by atoms with Crippen LogP contribution >= 0.6 is 0 Å². The number of rotatable bonds is 6. The quantitative estimate of drug-likeness (QED) is 0.524. The second-order valence-corrected chi connectivity index (χ2v) is 5.58. The maximum Gasteiger partial charge on any atom is 0.295 e. The third-order valence-electron chi connectivity index (χ3n) is 3.83. The number of nitro groups is 1. The Labute approximate surface area is 149 Å². The monoisotopic (exact) mass is 348 g/mol. The zero-order valence-electron chi connectivity index (χ0n) is 13.7. The zero-order chi connectivity index (χ0) is 18.5. The van der Waals surface area contributed by atoms with Gasteiger partial charge in [0.25, 0.3) is 5.69 Å². The summed E-state index contributed by atoms with van der Waals surface area (Å²) in [5, 5.41) is 14.3. The lowest BCUT2D eigenvalue weighted by molar-refractivity contribution is -0.384. The van der Waals surface area contributed by atoms with Crippen molar-refractivity contribution >= 4 is 17.4 Å². The van der Waals surface area contributed by atoms with Crippen molar-refractivity contribution in [1.82, 2.24) is 4.98 Å². The standard InChI is InChI=1S/C19H16N4O3/c20-19(24)18(14-9-5-2-6-10-14)22-16-12-11-15(23(25)26)17(21-16)13-7-3-1-4-8-13/h1-12,18H,(H2,20,24)(H,21,22). The molecule has 0 saturated heterocycles. The second kappa shape index (κ2) is 7.43. The number of nitrogens with two attached hydrogens (primary N) is 1. The van der Waals surface area contributed by atoms with Gasteiger partial charge in [-0.25, -0.2) is 4.98 Å². The molecule has 0 spiro atoms. The smallest absolute Gasteiger partial charge is 0.295 e. The summed E-state index contributed by atoms with van der Waals surface area (Å²) in [6.07, 6.45) is 0. The van der Waals surface area contributed by atoms with Gasteiger partial charge < -0.3 is 11.1 Å². The first-order chi connectivity index (χ1) is 12.6. The van der Waals surface area contributed by atoms with Crippen LogP contribution in [0.2, 0.25) is 0 Å². The summed E-state index contributed by atoms with van der Waals surface area (Å²) in [6, 6.07) is 19.8. The molecule has 1 atom stereocenters. The Balaban J connectivity index is 2.00. The topological polar surface area (TPSA) is 111 Å². The van der Waals surface area contributed by atoms with Crippen molar-refractivity contribution in [3.8, 4) is 11.3 Å². The molecule has 1 amide bonds. The predicted octanol–water partition coefficient (Wildman–Crippen LogP) is 3.30. The van der Waals surface area contributed by atoms with E-state index in [-0.39, 0.29) is 11.4 Å². The Morgan fingerprint density at radius 1 is 1.00 bits per heavy atom. The molecule has 0 bridgehead atoms. The van der Waals surface area contributed by atoms with E-state index in [0.29, 0.717) is 16.9 Å². The average Bonchev–Trinajstić information content (AvgIpc) is 2.67. The minimum atomic E-state index is -0.797. The molecule has 130 valence electrons. The number of aromatic nitrogens is 1. The van der Waals surface area contributed by atoms with E-state index in [4.69, 9.17) is 5.73 Å². The molecular weight excluding hydrogens is 332 g/mol. The summed E-state index contributed by atoms with van der Waals surface area (Å²) >= 11 is 0. The minimum Gasteiger partial charge on any atom is -0.368 e. The highest BCUT2D eigenvalue weighted by molar-refractivity contribution is 5.84. The van der Waals surface area contributed by atoms with Crippen LogP contribution < -0.4 is 11.1 Å². The second-order valence-electron chi connectivity index (χ2n) is 5.58. The lowest BCUT2D eigenvalue weighted by Gasteiger charge is -2.17. The van der Waals surface area contributed by atoms with Gasteiger partial charge >= 0.3 is 0 Å². The summed E-state index contributed by atoms with van der Waals surface area (Å²) in [6.45, 7) is 0. The summed E-state index contributed by atoms with van der Waals surface area (Å²) < 4.78 is 0. The highest BCUT2D eigenvalue weighted by atomic mass is 16.6. The van der Waals surface area contributed by atoms with Crippen LogP contribution in [-0.2, 0) is 4.79 Å². The molecule has 2 aromatic carbocycles. The van der Waals surface area contributed by atoms with Crippen LogP contribution in [0.3, 0.4) is 0 Å². The molecule has 3 N–H and O–H groups in total. The van der Waals surface area contributed by atoms with E-state index >= 15 is 0 Å². The fourth-order valence-corrected chi connectivity index (χ4v) is 2.60. The summed E-state index contributed by atoms with van der Waals surface area (Å²) in [5.41, 5.74) is 6.90. The molecule has 1 unspecified atom stereocenters. The molecule has 7 nitrogen and oxygen atoms in total. The first kappa shape index (κ1) is 17.1. The number of benzene rings is 2. The Morgan fingerprint density at radius 3 is 2.19 bits per heavy atom. The summed E-state index contributed by atoms with van der Waals surface area (Å²) in [4.78, 5) is 27.1. The number of anilines is 1. The van der Waals surface area contributed by atoms with Gasteiger partial charge in [0.15, 0.2) is 5.69 Å². The number of carbonyl (C=O) groups is 1. The molecule has 3 rings (SSSR count). The van der Waals surface area contributed by atoms with Crippen LogP contribution in [0.1, 0.15) is 11.6 Å². The van der Waals surface area contributed by atoms with Gasteiger partial charge in [0.2, 0.25) is 5.91 Å². The number of primary amides is 1. The van der Waals surface area contributed by atoms with Crippen LogP contribution in [-0.4, -0.2) is 15.8 Å². The van der Waals surface area contributed by atoms with Crippen LogP contribution in [0, 0.1) is 10.1 Å². The van der Waals surface area contributed by atoms with Crippen molar-refractivity contribution in [3.63, 3.8) is 0 Å². The number of carbonyl (C=O) groups excluding carboxylic acids is 1. The van der Waals surface area contributed by atoms with Gasteiger partial charge in [0.1, 0.15) is 11.9 Å². The van der Waals surface area contributed by atoms with Gasteiger partial charge in [-0.3, -0.25) is 14.9 Å². The van der Waals surface area contributed by atoms with Gasteiger partial charge in [-0.2, -0.15) is 0 Å². The third kappa shape index (κ3) is 3.67. The number of nitrogens with zero attached hydrogens (tertiary/aromatic N) is 2. The number of hydrogen-bond donors (Lipinski definition) is 2. The molecule has 0 saturated carbocycles. The van der Waals surface area contributed by atoms with E-state index in [2.05, 4.69) is 10.3 Å². The summed E-state index contributed by atoms with van der Waals surface area (Å²) in [5.74, 6) is -0.250. The van der Waals surface area contributed by atoms with E-state index in [0.717, 1.165) is 0 Å². The predicted molar refractivity (Wildman–Crippen MR) is 98.3 cm³/mol. The van der Waals surface area contributed by atoms with Crippen molar-refractivity contribution in [3.05, 3.63) is 88.5 Å². The molecule has 26 heavy (non-hydrogen) atoms. The fourth-order valence-electron chi connectivity index (χ4n) is 2.60. The Hall–Kier alpha value is -3.74. The molecule has 0 radical (unpaired) electrons. The van der Waals surface area contributed by atoms with Crippen LogP contribution in [0.25, 0.3) is 11.3 Å². The van der Waals surface area contributed by atoms with E-state index in [1.165, 1.54) is 12.1 Å². The Morgan fingerprint density at radius 2 is 1.62 bits per heavy atom. The normalized spacial score (nSPS) is 11.5. The number of amides is 1. The van der Waals surface area contributed by atoms with E-state index in [9.17, 15) is 14.9 Å². The van der Waals surface area contributed by atoms with E-state index < -0.39 is 16.9 Å². The van der Waals surface area contributed by atoms with Crippen LogP contribution in [0.15, 0.2) is 72.8 Å². The van der Waals surface area contributed by atoms with Crippen molar-refractivity contribution < 1.29 is 9.72 Å². The average molecular weight is 348 g/mol. The highest BCUT2D eigenvalue weighted by Gasteiger charge is 2.21. The molecule has 7 heteroatoms. The van der Waals surface area contributed by atoms with Crippen molar-refractivity contribution in [2.24, 2.45) is 5.73 Å².